The molecule has 0 radical (unpaired) electrons. The molecular weight excluding hydrogens is 340 g/mol. The first kappa shape index (κ1) is 19.0. The van der Waals surface area contributed by atoms with Crippen LogP contribution in [0.15, 0.2) is 41.3 Å². The molecule has 0 N–H and O–H groups in total. The fourth-order valence-corrected chi connectivity index (χ4v) is 3.70. The van der Waals surface area contributed by atoms with E-state index in [0.29, 0.717) is 5.56 Å². The number of ketones is 1. The summed E-state index contributed by atoms with van der Waals surface area (Å²) in [5, 5.41) is 0. The summed E-state index contributed by atoms with van der Waals surface area (Å²) in [4.78, 5) is 11.4. The molecule has 5 nitrogen and oxygen atoms in total. The molecule has 6 heteroatoms. The minimum absolute atomic E-state index is 0.0301. The molecule has 0 aliphatic carbocycles. The molecule has 0 saturated heterocycles. The molecule has 0 spiro atoms. The van der Waals surface area contributed by atoms with Crippen LogP contribution in [0.5, 0.6) is 11.5 Å². The second kappa shape index (κ2) is 7.27. The van der Waals surface area contributed by atoms with Crippen molar-refractivity contribution in [2.24, 2.45) is 0 Å². The number of hydrogen-bond acceptors (Lipinski definition) is 5. The Morgan fingerprint density at radius 2 is 1.80 bits per heavy atom. The van der Waals surface area contributed by atoms with Crippen molar-refractivity contribution in [1.29, 1.82) is 0 Å². The van der Waals surface area contributed by atoms with Crippen molar-refractivity contribution >= 4 is 15.9 Å². The van der Waals surface area contributed by atoms with Gasteiger partial charge in [0.1, 0.15) is 16.4 Å². The summed E-state index contributed by atoms with van der Waals surface area (Å²) in [7, 11) is -2.69. The van der Waals surface area contributed by atoms with E-state index in [4.69, 9.17) is 8.92 Å². The first-order valence-electron chi connectivity index (χ1n) is 7.89. The zero-order chi connectivity index (χ0) is 18.8. The fraction of sp³-hybridized carbons (Fsp3) is 0.316. The maximum Gasteiger partial charge on any atom is 0.342 e. The molecule has 2 aromatic carbocycles. The Morgan fingerprint density at radius 1 is 1.12 bits per heavy atom. The van der Waals surface area contributed by atoms with Crippen LogP contribution >= 0.6 is 0 Å². The molecule has 0 amide bonds. The normalized spacial score (nSPS) is 11.4. The highest BCUT2D eigenvalue weighted by molar-refractivity contribution is 7.87. The minimum atomic E-state index is -4.11. The molecular formula is C19H22O5S. The van der Waals surface area contributed by atoms with E-state index in [2.05, 4.69) is 0 Å². The van der Waals surface area contributed by atoms with Gasteiger partial charge in [0.15, 0.2) is 5.78 Å². The lowest BCUT2D eigenvalue weighted by Gasteiger charge is -2.16. The summed E-state index contributed by atoms with van der Waals surface area (Å²) in [6.45, 7) is 7.29. The van der Waals surface area contributed by atoms with Gasteiger partial charge in [0.25, 0.3) is 0 Å². The van der Waals surface area contributed by atoms with Gasteiger partial charge >= 0.3 is 10.1 Å². The third-order valence-corrected chi connectivity index (χ3v) is 5.16. The van der Waals surface area contributed by atoms with Gasteiger partial charge in [0.05, 0.1) is 7.11 Å². The summed E-state index contributed by atoms with van der Waals surface area (Å²) >= 11 is 0. The minimum Gasteiger partial charge on any atom is -0.495 e. The Labute approximate surface area is 148 Å². The van der Waals surface area contributed by atoms with Crippen molar-refractivity contribution in [3.63, 3.8) is 0 Å². The zero-order valence-electron chi connectivity index (χ0n) is 15.0. The van der Waals surface area contributed by atoms with E-state index in [1.165, 1.54) is 26.2 Å². The Bertz CT molecular complexity index is 898. The SMILES string of the molecule is COc1cc(C)c(C(C)C)cc1S(=O)(=O)Oc1cccc(C(C)=O)c1. The van der Waals surface area contributed by atoms with Crippen molar-refractivity contribution < 1.29 is 22.1 Å². The Hall–Kier alpha value is -2.34. The predicted molar refractivity (Wildman–Crippen MR) is 96.1 cm³/mol. The summed E-state index contributed by atoms with van der Waals surface area (Å²) in [5.41, 5.74) is 2.23. The molecule has 0 atom stereocenters. The molecule has 0 unspecified atom stereocenters. The first-order chi connectivity index (χ1) is 11.7. The summed E-state index contributed by atoms with van der Waals surface area (Å²) in [6.07, 6.45) is 0. The summed E-state index contributed by atoms with van der Waals surface area (Å²) in [5.74, 6) is 0.296. The number of ether oxygens (including phenoxy) is 1. The Morgan fingerprint density at radius 3 is 2.36 bits per heavy atom. The van der Waals surface area contributed by atoms with Crippen LogP contribution in [0.1, 0.15) is 48.2 Å². The molecule has 0 heterocycles. The highest BCUT2D eigenvalue weighted by Gasteiger charge is 2.24. The van der Waals surface area contributed by atoms with Crippen LogP contribution in [0.3, 0.4) is 0 Å². The molecule has 134 valence electrons. The monoisotopic (exact) mass is 362 g/mol. The maximum absolute atomic E-state index is 12.8. The quantitative estimate of drug-likeness (QED) is 0.572. The summed E-state index contributed by atoms with van der Waals surface area (Å²) in [6, 6.07) is 9.36. The van der Waals surface area contributed by atoms with Crippen LogP contribution < -0.4 is 8.92 Å². The van der Waals surface area contributed by atoms with E-state index in [0.717, 1.165) is 11.1 Å². The fourth-order valence-electron chi connectivity index (χ4n) is 2.59. The molecule has 0 bridgehead atoms. The van der Waals surface area contributed by atoms with Gasteiger partial charge < -0.3 is 8.92 Å². The smallest absolute Gasteiger partial charge is 0.342 e. The van der Waals surface area contributed by atoms with Crippen LogP contribution in [-0.4, -0.2) is 21.3 Å². The second-order valence-corrected chi connectivity index (χ2v) is 7.65. The standard InChI is InChI=1S/C19H22O5S/c1-12(2)17-11-19(18(23-5)9-13(17)3)25(21,22)24-16-8-6-7-15(10-16)14(4)20/h6-12H,1-5H3. The van der Waals surface area contributed by atoms with Gasteiger partial charge in [-0.1, -0.05) is 26.0 Å². The van der Waals surface area contributed by atoms with Crippen molar-refractivity contribution in [2.75, 3.05) is 7.11 Å². The molecule has 2 aromatic rings. The van der Waals surface area contributed by atoms with E-state index in [-0.39, 0.29) is 28.1 Å². The molecule has 0 saturated carbocycles. The van der Waals surface area contributed by atoms with Gasteiger partial charge in [-0.2, -0.15) is 8.42 Å². The van der Waals surface area contributed by atoms with Crippen LogP contribution in [0.25, 0.3) is 0 Å². The van der Waals surface area contributed by atoms with Gasteiger partial charge in [-0.25, -0.2) is 0 Å². The lowest BCUT2D eigenvalue weighted by molar-refractivity contribution is 0.101. The van der Waals surface area contributed by atoms with Crippen LogP contribution in [0.2, 0.25) is 0 Å². The average Bonchev–Trinajstić information content (AvgIpc) is 2.53. The molecule has 0 aliphatic heterocycles. The number of carbonyl (C=O) groups excluding carboxylic acids is 1. The Kier molecular flexibility index (Phi) is 5.52. The average molecular weight is 362 g/mol. The van der Waals surface area contributed by atoms with Gasteiger partial charge in [-0.05, 0) is 55.2 Å². The number of carbonyl (C=O) groups is 1. The van der Waals surface area contributed by atoms with Gasteiger partial charge in [0.2, 0.25) is 0 Å². The van der Waals surface area contributed by atoms with E-state index < -0.39 is 10.1 Å². The van der Waals surface area contributed by atoms with Crippen molar-refractivity contribution in [2.45, 2.75) is 38.5 Å². The number of rotatable bonds is 6. The Balaban J connectivity index is 2.50. The van der Waals surface area contributed by atoms with Crippen molar-refractivity contribution in [1.82, 2.24) is 0 Å². The van der Waals surface area contributed by atoms with Gasteiger partial charge in [-0.3, -0.25) is 4.79 Å². The van der Waals surface area contributed by atoms with Crippen molar-refractivity contribution in [3.8, 4) is 11.5 Å². The molecule has 0 fully saturated rings. The zero-order valence-corrected chi connectivity index (χ0v) is 15.8. The van der Waals surface area contributed by atoms with E-state index in [1.54, 1.807) is 24.3 Å². The highest BCUT2D eigenvalue weighted by atomic mass is 32.2. The van der Waals surface area contributed by atoms with Crippen molar-refractivity contribution in [3.05, 3.63) is 53.1 Å². The van der Waals surface area contributed by atoms with Gasteiger partial charge in [-0.15, -0.1) is 0 Å². The topological polar surface area (TPSA) is 69.7 Å². The number of Topliss-reactive ketones (excluding diaryl/α,β-unsaturated/α-hetero) is 1. The number of benzene rings is 2. The van der Waals surface area contributed by atoms with E-state index >= 15 is 0 Å². The number of hydrogen-bond donors (Lipinski definition) is 0. The molecule has 2 rings (SSSR count). The second-order valence-electron chi connectivity index (χ2n) is 6.14. The number of methoxy groups -OCH3 is 1. The maximum atomic E-state index is 12.8. The van der Waals surface area contributed by atoms with Gasteiger partial charge in [0, 0.05) is 5.56 Å². The molecule has 25 heavy (non-hydrogen) atoms. The largest absolute Gasteiger partial charge is 0.495 e. The third kappa shape index (κ3) is 4.20. The van der Waals surface area contributed by atoms with E-state index in [9.17, 15) is 13.2 Å². The summed E-state index contributed by atoms with van der Waals surface area (Å²) < 4.78 is 36.0. The highest BCUT2D eigenvalue weighted by Crippen LogP contribution is 2.32. The van der Waals surface area contributed by atoms with Crippen LogP contribution in [0, 0.1) is 6.92 Å². The van der Waals surface area contributed by atoms with Crippen LogP contribution in [-0.2, 0) is 10.1 Å². The van der Waals surface area contributed by atoms with E-state index in [1.807, 2.05) is 20.8 Å². The van der Waals surface area contributed by atoms with Crippen LogP contribution in [0.4, 0.5) is 0 Å². The number of aryl methyl sites for hydroxylation is 1. The predicted octanol–water partition coefficient (Wildman–Crippen LogP) is 4.10. The lowest BCUT2D eigenvalue weighted by Crippen LogP contribution is -2.13. The molecule has 0 aliphatic rings. The first-order valence-corrected chi connectivity index (χ1v) is 9.30. The third-order valence-electron chi connectivity index (χ3n) is 3.89. The lowest BCUT2D eigenvalue weighted by atomic mass is 9.98. The molecule has 0 aromatic heterocycles.